The van der Waals surface area contributed by atoms with Crippen LogP contribution in [0.5, 0.6) is 5.75 Å². The van der Waals surface area contributed by atoms with Crippen molar-refractivity contribution in [3.8, 4) is 17.2 Å². The third-order valence-electron chi connectivity index (χ3n) is 4.30. The van der Waals surface area contributed by atoms with Gasteiger partial charge in [0, 0.05) is 11.3 Å². The van der Waals surface area contributed by atoms with Crippen molar-refractivity contribution in [1.82, 2.24) is 4.98 Å². The number of aryl methyl sites for hydroxylation is 2. The molecule has 1 aromatic heterocycles. The summed E-state index contributed by atoms with van der Waals surface area (Å²) in [5.41, 5.74) is 5.21. The molecule has 0 unspecified atom stereocenters. The average Bonchev–Trinajstić information content (AvgIpc) is 3.10. The lowest BCUT2D eigenvalue weighted by molar-refractivity contribution is -0.118. The molecule has 0 radical (unpaired) electrons. The number of carbonyl (C=O) groups is 1. The Kier molecular flexibility index (Phi) is 4.81. The van der Waals surface area contributed by atoms with Crippen LogP contribution in [-0.4, -0.2) is 17.5 Å². The monoisotopic (exact) mass is 372 g/mol. The molecule has 0 fully saturated rings. The second-order valence-electron chi connectivity index (χ2n) is 6.72. The number of ether oxygens (including phenoxy) is 1. The Morgan fingerprint density at radius 3 is 2.68 bits per heavy atom. The lowest BCUT2D eigenvalue weighted by Gasteiger charge is -2.08. The first-order valence-electron chi connectivity index (χ1n) is 9.04. The van der Waals surface area contributed by atoms with E-state index in [-0.39, 0.29) is 12.5 Å². The predicted molar refractivity (Wildman–Crippen MR) is 109 cm³/mol. The lowest BCUT2D eigenvalue weighted by atomic mass is 10.2. The molecule has 0 atom stereocenters. The van der Waals surface area contributed by atoms with Crippen molar-refractivity contribution in [3.05, 3.63) is 77.9 Å². The summed E-state index contributed by atoms with van der Waals surface area (Å²) >= 11 is 0. The van der Waals surface area contributed by atoms with Gasteiger partial charge in [-0.2, -0.15) is 0 Å². The van der Waals surface area contributed by atoms with Crippen LogP contribution in [0.2, 0.25) is 0 Å². The first-order valence-corrected chi connectivity index (χ1v) is 9.04. The molecule has 3 aromatic carbocycles. The number of nitrogens with one attached hydrogen (secondary N) is 1. The van der Waals surface area contributed by atoms with Gasteiger partial charge < -0.3 is 14.5 Å². The molecule has 4 aromatic rings. The Morgan fingerprint density at radius 2 is 1.82 bits per heavy atom. The van der Waals surface area contributed by atoms with E-state index < -0.39 is 0 Å². The van der Waals surface area contributed by atoms with Gasteiger partial charge in [0.1, 0.15) is 11.3 Å². The Hall–Kier alpha value is -3.60. The van der Waals surface area contributed by atoms with Crippen molar-refractivity contribution in [2.75, 3.05) is 11.9 Å². The van der Waals surface area contributed by atoms with E-state index >= 15 is 0 Å². The quantitative estimate of drug-likeness (QED) is 0.527. The molecule has 5 nitrogen and oxygen atoms in total. The van der Waals surface area contributed by atoms with E-state index in [1.807, 2.05) is 80.6 Å². The highest BCUT2D eigenvalue weighted by Gasteiger charge is 2.10. The van der Waals surface area contributed by atoms with E-state index in [0.717, 1.165) is 27.8 Å². The van der Waals surface area contributed by atoms with Gasteiger partial charge in [-0.05, 0) is 67.4 Å². The molecule has 1 amide bonds. The highest BCUT2D eigenvalue weighted by atomic mass is 16.5. The van der Waals surface area contributed by atoms with Crippen LogP contribution in [0.15, 0.2) is 71.1 Å². The molecule has 0 aliphatic heterocycles. The Morgan fingerprint density at radius 1 is 1.00 bits per heavy atom. The van der Waals surface area contributed by atoms with Gasteiger partial charge in [-0.25, -0.2) is 4.98 Å². The van der Waals surface area contributed by atoms with Crippen LogP contribution in [0, 0.1) is 13.8 Å². The molecular formula is C23H20N2O3. The highest BCUT2D eigenvalue weighted by molar-refractivity contribution is 5.92. The third-order valence-corrected chi connectivity index (χ3v) is 4.30. The molecule has 0 saturated heterocycles. The fourth-order valence-electron chi connectivity index (χ4n) is 2.94. The van der Waals surface area contributed by atoms with Crippen LogP contribution in [-0.2, 0) is 4.79 Å². The van der Waals surface area contributed by atoms with E-state index in [1.165, 1.54) is 0 Å². The summed E-state index contributed by atoms with van der Waals surface area (Å²) in [6, 6.07) is 20.9. The Balaban J connectivity index is 1.46. The van der Waals surface area contributed by atoms with Crippen LogP contribution in [0.1, 0.15) is 11.1 Å². The number of hydrogen-bond acceptors (Lipinski definition) is 4. The van der Waals surface area contributed by atoms with Gasteiger partial charge >= 0.3 is 0 Å². The number of nitrogens with zero attached hydrogens (tertiary/aromatic N) is 1. The Labute approximate surface area is 163 Å². The molecular weight excluding hydrogens is 352 g/mol. The maximum atomic E-state index is 12.2. The maximum Gasteiger partial charge on any atom is 0.262 e. The zero-order valence-electron chi connectivity index (χ0n) is 15.7. The average molecular weight is 372 g/mol. The lowest BCUT2D eigenvalue weighted by Crippen LogP contribution is -2.20. The normalized spacial score (nSPS) is 10.8. The molecule has 5 heteroatoms. The van der Waals surface area contributed by atoms with Crippen molar-refractivity contribution in [2.24, 2.45) is 0 Å². The van der Waals surface area contributed by atoms with E-state index in [2.05, 4.69) is 10.3 Å². The van der Waals surface area contributed by atoms with E-state index in [4.69, 9.17) is 9.15 Å². The number of hydrogen-bond donors (Lipinski definition) is 1. The van der Waals surface area contributed by atoms with E-state index in [1.54, 1.807) is 0 Å². The van der Waals surface area contributed by atoms with Crippen molar-refractivity contribution < 1.29 is 13.9 Å². The molecule has 0 bridgehead atoms. The van der Waals surface area contributed by atoms with Crippen molar-refractivity contribution >= 4 is 22.7 Å². The first kappa shape index (κ1) is 17.8. The number of oxazole rings is 1. The van der Waals surface area contributed by atoms with Gasteiger partial charge in [0.05, 0.1) is 0 Å². The van der Waals surface area contributed by atoms with E-state index in [0.29, 0.717) is 17.3 Å². The van der Waals surface area contributed by atoms with Crippen LogP contribution in [0.25, 0.3) is 22.6 Å². The molecule has 0 aliphatic carbocycles. The molecule has 0 spiro atoms. The van der Waals surface area contributed by atoms with Gasteiger partial charge in [0.25, 0.3) is 5.91 Å². The Bertz CT molecular complexity index is 1150. The van der Waals surface area contributed by atoms with Gasteiger partial charge in [-0.15, -0.1) is 0 Å². The summed E-state index contributed by atoms with van der Waals surface area (Å²) in [6.07, 6.45) is 0. The smallest absolute Gasteiger partial charge is 0.262 e. The topological polar surface area (TPSA) is 64.4 Å². The predicted octanol–water partition coefficient (Wildman–Crippen LogP) is 5.13. The van der Waals surface area contributed by atoms with Gasteiger partial charge in [0.2, 0.25) is 5.89 Å². The molecule has 0 saturated carbocycles. The van der Waals surface area contributed by atoms with E-state index in [9.17, 15) is 4.79 Å². The fourth-order valence-corrected chi connectivity index (χ4v) is 2.94. The van der Waals surface area contributed by atoms with Gasteiger partial charge in [0.15, 0.2) is 12.2 Å². The zero-order chi connectivity index (χ0) is 19.5. The summed E-state index contributed by atoms with van der Waals surface area (Å²) in [4.78, 5) is 16.7. The minimum Gasteiger partial charge on any atom is -0.484 e. The number of carbonyl (C=O) groups excluding carboxylic acids is 1. The van der Waals surface area contributed by atoms with Crippen molar-refractivity contribution in [2.45, 2.75) is 13.8 Å². The van der Waals surface area contributed by atoms with Crippen LogP contribution in [0.3, 0.4) is 0 Å². The number of rotatable bonds is 5. The number of fused-ring (bicyclic) bond motifs is 1. The van der Waals surface area contributed by atoms with Crippen LogP contribution >= 0.6 is 0 Å². The number of aromatic nitrogens is 1. The summed E-state index contributed by atoms with van der Waals surface area (Å²) in [7, 11) is 0. The molecule has 1 N–H and O–H groups in total. The second-order valence-corrected chi connectivity index (χ2v) is 6.72. The maximum absolute atomic E-state index is 12.2. The van der Waals surface area contributed by atoms with Gasteiger partial charge in [-0.1, -0.05) is 24.3 Å². The molecule has 28 heavy (non-hydrogen) atoms. The van der Waals surface area contributed by atoms with Crippen molar-refractivity contribution in [3.63, 3.8) is 0 Å². The third kappa shape index (κ3) is 4.04. The van der Waals surface area contributed by atoms with Crippen LogP contribution in [0.4, 0.5) is 5.69 Å². The van der Waals surface area contributed by atoms with Crippen LogP contribution < -0.4 is 10.1 Å². The molecule has 0 aliphatic rings. The highest BCUT2D eigenvalue weighted by Crippen LogP contribution is 2.26. The minimum atomic E-state index is -0.230. The first-order chi connectivity index (χ1) is 13.6. The number of benzene rings is 3. The molecule has 1 heterocycles. The molecule has 140 valence electrons. The summed E-state index contributed by atoms with van der Waals surface area (Å²) in [6.45, 7) is 3.93. The molecule has 4 rings (SSSR count). The number of amides is 1. The minimum absolute atomic E-state index is 0.0597. The SMILES string of the molecule is Cc1cccc(OCC(=O)Nc2cccc(-c3nc4ccc(C)cc4o3)c2)c1. The number of anilines is 1. The fraction of sp³-hybridized carbons (Fsp3) is 0.130. The zero-order valence-corrected chi connectivity index (χ0v) is 15.7. The summed E-state index contributed by atoms with van der Waals surface area (Å²) < 4.78 is 11.4. The summed E-state index contributed by atoms with van der Waals surface area (Å²) in [5, 5.41) is 2.85. The second kappa shape index (κ2) is 7.56. The summed E-state index contributed by atoms with van der Waals surface area (Å²) in [5.74, 6) is 0.963. The standard InChI is InChI=1S/C23H20N2O3/c1-15-5-3-8-19(11-15)27-14-22(26)24-18-7-4-6-17(13-18)23-25-20-10-9-16(2)12-21(20)28-23/h3-13H,14H2,1-2H3,(H,24,26). The van der Waals surface area contributed by atoms with Crippen molar-refractivity contribution in [1.29, 1.82) is 0 Å². The largest absolute Gasteiger partial charge is 0.484 e. The van der Waals surface area contributed by atoms with Gasteiger partial charge in [-0.3, -0.25) is 4.79 Å².